The summed E-state index contributed by atoms with van der Waals surface area (Å²) < 4.78 is 13.5. The molecule has 1 atom stereocenters. The van der Waals surface area contributed by atoms with Crippen molar-refractivity contribution in [2.75, 3.05) is 12.0 Å². The van der Waals surface area contributed by atoms with E-state index in [2.05, 4.69) is 5.32 Å². The molecule has 0 aliphatic rings. The third-order valence-corrected chi connectivity index (χ3v) is 3.39. The molecule has 0 aromatic heterocycles. The van der Waals surface area contributed by atoms with Crippen LogP contribution in [0.5, 0.6) is 0 Å². The van der Waals surface area contributed by atoms with Gasteiger partial charge >= 0.3 is 0 Å². The molecule has 0 aliphatic heterocycles. The first-order chi connectivity index (χ1) is 8.56. The van der Waals surface area contributed by atoms with Crippen molar-refractivity contribution in [3.63, 3.8) is 0 Å². The van der Waals surface area contributed by atoms with Crippen molar-refractivity contribution in [1.29, 1.82) is 0 Å². The summed E-state index contributed by atoms with van der Waals surface area (Å²) in [5, 5.41) is 2.65. The van der Waals surface area contributed by atoms with Crippen LogP contribution in [0.2, 0.25) is 5.02 Å². The molecule has 3 nitrogen and oxygen atoms in total. The van der Waals surface area contributed by atoms with E-state index in [-0.39, 0.29) is 17.5 Å². The van der Waals surface area contributed by atoms with Gasteiger partial charge in [0, 0.05) is 12.1 Å². The minimum Gasteiger partial charge on any atom is -0.351 e. The van der Waals surface area contributed by atoms with E-state index < -0.39 is 11.9 Å². The molecule has 1 aromatic carbocycles. The third-order valence-electron chi connectivity index (χ3n) is 2.45. The van der Waals surface area contributed by atoms with E-state index in [0.717, 1.165) is 5.75 Å². The Kier molecular flexibility index (Phi) is 6.46. The van der Waals surface area contributed by atoms with Crippen LogP contribution in [0.15, 0.2) is 18.2 Å². The highest BCUT2D eigenvalue weighted by molar-refractivity contribution is 7.98. The average Bonchev–Trinajstić information content (AvgIpc) is 2.37. The number of nitrogens with two attached hydrogens (primary N) is 1. The molecule has 0 aliphatic carbocycles. The van der Waals surface area contributed by atoms with E-state index in [4.69, 9.17) is 17.3 Å². The molecule has 6 heteroatoms. The van der Waals surface area contributed by atoms with Crippen LogP contribution < -0.4 is 11.1 Å². The number of carbonyl (C=O) groups is 1. The predicted molar refractivity (Wildman–Crippen MR) is 74.2 cm³/mol. The van der Waals surface area contributed by atoms with E-state index in [1.54, 1.807) is 23.9 Å². The fourth-order valence-electron chi connectivity index (χ4n) is 1.37. The van der Waals surface area contributed by atoms with Crippen LogP contribution in [0.4, 0.5) is 4.39 Å². The Balaban J connectivity index is 2.49. The topological polar surface area (TPSA) is 55.1 Å². The Morgan fingerprint density at radius 1 is 1.61 bits per heavy atom. The fourth-order valence-corrected chi connectivity index (χ4v) is 2.06. The molecule has 1 aromatic rings. The summed E-state index contributed by atoms with van der Waals surface area (Å²) in [5.74, 6) is 0.0423. The predicted octanol–water partition coefficient (Wildman–Crippen LogP) is 2.18. The zero-order chi connectivity index (χ0) is 13.5. The summed E-state index contributed by atoms with van der Waals surface area (Å²) in [6.45, 7) is 0.0954. The third kappa shape index (κ3) is 4.48. The van der Waals surface area contributed by atoms with Gasteiger partial charge in [-0.3, -0.25) is 4.79 Å². The number of rotatable bonds is 6. The minimum absolute atomic E-state index is 0.0495. The molecule has 1 amide bonds. The summed E-state index contributed by atoms with van der Waals surface area (Å²) in [6, 6.07) is 4.13. The Labute approximate surface area is 115 Å². The van der Waals surface area contributed by atoms with Gasteiger partial charge in [0.15, 0.2) is 0 Å². The van der Waals surface area contributed by atoms with Crippen molar-refractivity contribution in [2.24, 2.45) is 5.73 Å². The largest absolute Gasteiger partial charge is 0.351 e. The number of amides is 1. The highest BCUT2D eigenvalue weighted by Gasteiger charge is 2.13. The molecular formula is C12H16ClFN2OS. The second-order valence-electron chi connectivity index (χ2n) is 3.82. The normalized spacial score (nSPS) is 12.2. The van der Waals surface area contributed by atoms with Crippen molar-refractivity contribution in [1.82, 2.24) is 5.32 Å². The average molecular weight is 291 g/mol. The van der Waals surface area contributed by atoms with E-state index in [1.165, 1.54) is 6.07 Å². The number of hydrogen-bond donors (Lipinski definition) is 2. The number of benzene rings is 1. The van der Waals surface area contributed by atoms with Gasteiger partial charge in [0.25, 0.3) is 0 Å². The van der Waals surface area contributed by atoms with Crippen molar-refractivity contribution in [2.45, 2.75) is 19.0 Å². The second-order valence-corrected chi connectivity index (χ2v) is 5.21. The minimum atomic E-state index is -0.556. The Hall–Kier alpha value is -0.780. The summed E-state index contributed by atoms with van der Waals surface area (Å²) in [7, 11) is 0. The van der Waals surface area contributed by atoms with Crippen molar-refractivity contribution < 1.29 is 9.18 Å². The molecule has 0 fully saturated rings. The van der Waals surface area contributed by atoms with E-state index in [9.17, 15) is 9.18 Å². The number of carbonyl (C=O) groups excluding carboxylic acids is 1. The van der Waals surface area contributed by atoms with Gasteiger partial charge in [-0.05, 0) is 24.5 Å². The van der Waals surface area contributed by atoms with Gasteiger partial charge in [0.05, 0.1) is 11.1 Å². The monoisotopic (exact) mass is 290 g/mol. The SMILES string of the molecule is CSCC[C@H](N)C(=O)NCc1cccc(Cl)c1F. The molecule has 18 heavy (non-hydrogen) atoms. The van der Waals surface area contributed by atoms with E-state index in [0.29, 0.717) is 12.0 Å². The van der Waals surface area contributed by atoms with Gasteiger partial charge in [-0.2, -0.15) is 11.8 Å². The van der Waals surface area contributed by atoms with Crippen molar-refractivity contribution >= 4 is 29.3 Å². The maximum Gasteiger partial charge on any atom is 0.237 e. The van der Waals surface area contributed by atoms with Gasteiger partial charge in [0.1, 0.15) is 5.82 Å². The Morgan fingerprint density at radius 2 is 2.33 bits per heavy atom. The molecule has 0 radical (unpaired) electrons. The molecular weight excluding hydrogens is 275 g/mol. The Bertz CT molecular complexity index is 417. The molecule has 100 valence electrons. The summed E-state index contributed by atoms with van der Waals surface area (Å²) >= 11 is 7.27. The van der Waals surface area contributed by atoms with Crippen LogP contribution in [-0.4, -0.2) is 24.0 Å². The van der Waals surface area contributed by atoms with Gasteiger partial charge in [0.2, 0.25) is 5.91 Å². The second kappa shape index (κ2) is 7.61. The van der Waals surface area contributed by atoms with E-state index >= 15 is 0 Å². The van der Waals surface area contributed by atoms with Crippen molar-refractivity contribution in [3.05, 3.63) is 34.6 Å². The molecule has 0 bridgehead atoms. The summed E-state index contributed by atoms with van der Waals surface area (Å²) in [6.07, 6.45) is 2.55. The number of thioether (sulfide) groups is 1. The first kappa shape index (κ1) is 15.3. The van der Waals surface area contributed by atoms with Crippen LogP contribution in [0.25, 0.3) is 0 Å². The lowest BCUT2D eigenvalue weighted by molar-refractivity contribution is -0.122. The lowest BCUT2D eigenvalue weighted by Gasteiger charge is -2.12. The maximum atomic E-state index is 13.5. The van der Waals surface area contributed by atoms with Crippen LogP contribution >= 0.6 is 23.4 Å². The number of nitrogens with one attached hydrogen (secondary N) is 1. The quantitative estimate of drug-likeness (QED) is 0.844. The standard InChI is InChI=1S/C12H16ClFN2OS/c1-18-6-5-10(15)12(17)16-7-8-3-2-4-9(13)11(8)14/h2-4,10H,5-7,15H2,1H3,(H,16,17)/t10-/m0/s1. The molecule has 0 unspecified atom stereocenters. The van der Waals surface area contributed by atoms with Gasteiger partial charge in [-0.25, -0.2) is 4.39 Å². The Morgan fingerprint density at radius 3 is 3.00 bits per heavy atom. The summed E-state index contributed by atoms with van der Waals surface area (Å²) in [4.78, 5) is 11.6. The molecule has 1 rings (SSSR count). The molecule has 0 saturated carbocycles. The first-order valence-corrected chi connectivity index (χ1v) is 7.28. The lowest BCUT2D eigenvalue weighted by atomic mass is 10.2. The molecule has 0 heterocycles. The lowest BCUT2D eigenvalue weighted by Crippen LogP contribution is -2.40. The fraction of sp³-hybridized carbons (Fsp3) is 0.417. The van der Waals surface area contributed by atoms with E-state index in [1.807, 2.05) is 6.26 Å². The number of halogens is 2. The van der Waals surface area contributed by atoms with Gasteiger partial charge < -0.3 is 11.1 Å². The van der Waals surface area contributed by atoms with Crippen LogP contribution in [0, 0.1) is 5.82 Å². The molecule has 3 N–H and O–H groups in total. The molecule has 0 saturated heterocycles. The van der Waals surface area contributed by atoms with Crippen LogP contribution in [0.3, 0.4) is 0 Å². The molecule has 0 spiro atoms. The zero-order valence-electron chi connectivity index (χ0n) is 10.1. The van der Waals surface area contributed by atoms with Gasteiger partial charge in [-0.1, -0.05) is 23.7 Å². The highest BCUT2D eigenvalue weighted by atomic mass is 35.5. The number of hydrogen-bond acceptors (Lipinski definition) is 3. The van der Waals surface area contributed by atoms with Crippen molar-refractivity contribution in [3.8, 4) is 0 Å². The van der Waals surface area contributed by atoms with Crippen LogP contribution in [0.1, 0.15) is 12.0 Å². The zero-order valence-corrected chi connectivity index (χ0v) is 11.7. The first-order valence-electron chi connectivity index (χ1n) is 5.51. The summed E-state index contributed by atoms with van der Waals surface area (Å²) in [5.41, 5.74) is 6.04. The van der Waals surface area contributed by atoms with Crippen LogP contribution in [-0.2, 0) is 11.3 Å². The maximum absolute atomic E-state index is 13.5. The highest BCUT2D eigenvalue weighted by Crippen LogP contribution is 2.17. The smallest absolute Gasteiger partial charge is 0.237 e. The van der Waals surface area contributed by atoms with Gasteiger partial charge in [-0.15, -0.1) is 0 Å².